The van der Waals surface area contributed by atoms with Gasteiger partial charge in [-0.3, -0.25) is 19.6 Å². The largest absolute Gasteiger partial charge is 0.342 e. The van der Waals surface area contributed by atoms with Gasteiger partial charge in [-0.1, -0.05) is 12.8 Å². The summed E-state index contributed by atoms with van der Waals surface area (Å²) >= 11 is 0. The molecule has 0 radical (unpaired) electrons. The number of likely N-dealkylation sites (tertiary alicyclic amines) is 1. The molecule has 0 aromatic carbocycles. The van der Waals surface area contributed by atoms with Crippen molar-refractivity contribution in [2.75, 3.05) is 20.1 Å². The number of amides is 2. The van der Waals surface area contributed by atoms with Crippen LogP contribution in [-0.4, -0.2) is 51.7 Å². The zero-order chi connectivity index (χ0) is 16.9. The van der Waals surface area contributed by atoms with Gasteiger partial charge in [0.1, 0.15) is 0 Å². The van der Waals surface area contributed by atoms with Crippen molar-refractivity contribution in [1.82, 2.24) is 19.8 Å². The summed E-state index contributed by atoms with van der Waals surface area (Å²) in [6, 6.07) is 0. The molecule has 2 atom stereocenters. The molecule has 0 unspecified atom stereocenters. The molecule has 130 valence electrons. The van der Waals surface area contributed by atoms with E-state index in [0.29, 0.717) is 6.54 Å². The Morgan fingerprint density at radius 2 is 1.83 bits per heavy atom. The van der Waals surface area contributed by atoms with Crippen molar-refractivity contribution in [2.24, 2.45) is 11.8 Å². The Labute approximate surface area is 143 Å². The summed E-state index contributed by atoms with van der Waals surface area (Å²) < 4.78 is 0. The molecule has 2 fully saturated rings. The maximum atomic E-state index is 12.9. The number of hydrogen-bond donors (Lipinski definition) is 0. The molecule has 0 N–H and O–H groups in total. The van der Waals surface area contributed by atoms with Gasteiger partial charge < -0.3 is 9.80 Å². The lowest BCUT2D eigenvalue weighted by molar-refractivity contribution is -0.147. The number of nitrogens with zero attached hydrogens (tertiary/aromatic N) is 4. The SMILES string of the molecule is CN(Cc1cnccn1)C(=O)[C@@H]1CCCC[C@@H]1C(=O)N1CCCC1. The maximum absolute atomic E-state index is 12.9. The van der Waals surface area contributed by atoms with Crippen LogP contribution in [0.1, 0.15) is 44.2 Å². The van der Waals surface area contributed by atoms with Gasteiger partial charge in [0.15, 0.2) is 0 Å². The van der Waals surface area contributed by atoms with Crippen molar-refractivity contribution in [3.05, 3.63) is 24.3 Å². The summed E-state index contributed by atoms with van der Waals surface area (Å²) in [7, 11) is 1.79. The monoisotopic (exact) mass is 330 g/mol. The third-order valence-corrected chi connectivity index (χ3v) is 5.21. The Balaban J connectivity index is 1.67. The molecule has 1 saturated carbocycles. The second-order valence-corrected chi connectivity index (χ2v) is 6.92. The van der Waals surface area contributed by atoms with Crippen molar-refractivity contribution in [2.45, 2.75) is 45.1 Å². The van der Waals surface area contributed by atoms with Crippen LogP contribution in [0, 0.1) is 11.8 Å². The fourth-order valence-electron chi connectivity index (χ4n) is 3.91. The van der Waals surface area contributed by atoms with Crippen LogP contribution in [0.3, 0.4) is 0 Å². The number of aromatic nitrogens is 2. The van der Waals surface area contributed by atoms with Gasteiger partial charge in [0.25, 0.3) is 0 Å². The van der Waals surface area contributed by atoms with Crippen LogP contribution in [0.25, 0.3) is 0 Å². The molecule has 0 bridgehead atoms. The topological polar surface area (TPSA) is 66.4 Å². The van der Waals surface area contributed by atoms with E-state index in [9.17, 15) is 9.59 Å². The van der Waals surface area contributed by atoms with E-state index in [0.717, 1.165) is 57.3 Å². The fraction of sp³-hybridized carbons (Fsp3) is 0.667. The Kier molecular flexibility index (Phi) is 5.43. The van der Waals surface area contributed by atoms with E-state index < -0.39 is 0 Å². The highest BCUT2D eigenvalue weighted by molar-refractivity contribution is 5.88. The van der Waals surface area contributed by atoms with Crippen molar-refractivity contribution >= 4 is 11.8 Å². The van der Waals surface area contributed by atoms with Gasteiger partial charge in [-0.05, 0) is 25.7 Å². The average Bonchev–Trinajstić information content (AvgIpc) is 3.16. The zero-order valence-electron chi connectivity index (χ0n) is 14.4. The van der Waals surface area contributed by atoms with Gasteiger partial charge in [0.05, 0.1) is 18.4 Å². The summed E-state index contributed by atoms with van der Waals surface area (Å²) in [5, 5.41) is 0. The van der Waals surface area contributed by atoms with E-state index in [-0.39, 0.29) is 23.7 Å². The first-order valence-corrected chi connectivity index (χ1v) is 8.95. The van der Waals surface area contributed by atoms with E-state index in [2.05, 4.69) is 9.97 Å². The second-order valence-electron chi connectivity index (χ2n) is 6.92. The third-order valence-electron chi connectivity index (χ3n) is 5.21. The van der Waals surface area contributed by atoms with Gasteiger partial charge in [0.2, 0.25) is 11.8 Å². The summed E-state index contributed by atoms with van der Waals surface area (Å²) in [5.41, 5.74) is 0.770. The standard InChI is InChI=1S/C18H26N4O2/c1-21(13-14-12-19-8-9-20-14)17(23)15-6-2-3-7-16(15)18(24)22-10-4-5-11-22/h8-9,12,15-16H,2-7,10-11,13H2,1H3/t15-,16+/m1/s1. The minimum Gasteiger partial charge on any atom is -0.342 e. The van der Waals surface area contributed by atoms with E-state index >= 15 is 0 Å². The number of hydrogen-bond acceptors (Lipinski definition) is 4. The van der Waals surface area contributed by atoms with Gasteiger partial charge in [-0.2, -0.15) is 0 Å². The third kappa shape index (κ3) is 3.74. The van der Waals surface area contributed by atoms with E-state index in [4.69, 9.17) is 0 Å². The Morgan fingerprint density at radius 3 is 2.50 bits per heavy atom. The van der Waals surface area contributed by atoms with Gasteiger partial charge in [-0.15, -0.1) is 0 Å². The first-order valence-electron chi connectivity index (χ1n) is 8.95. The second kappa shape index (κ2) is 7.73. The molecule has 3 rings (SSSR count). The smallest absolute Gasteiger partial charge is 0.226 e. The van der Waals surface area contributed by atoms with Crippen LogP contribution in [0.4, 0.5) is 0 Å². The molecule has 2 heterocycles. The number of rotatable bonds is 4. The first kappa shape index (κ1) is 16.9. The minimum atomic E-state index is -0.187. The van der Waals surface area contributed by atoms with Crippen molar-refractivity contribution in [1.29, 1.82) is 0 Å². The van der Waals surface area contributed by atoms with Crippen LogP contribution < -0.4 is 0 Å². The summed E-state index contributed by atoms with van der Waals surface area (Å²) in [6.07, 6.45) is 10.8. The molecule has 1 aliphatic heterocycles. The highest BCUT2D eigenvalue weighted by Gasteiger charge is 2.39. The van der Waals surface area contributed by atoms with Crippen molar-refractivity contribution in [3.8, 4) is 0 Å². The van der Waals surface area contributed by atoms with E-state index in [1.165, 1.54) is 0 Å². The number of carbonyl (C=O) groups is 2. The lowest BCUT2D eigenvalue weighted by atomic mass is 9.77. The molecule has 2 aliphatic rings. The normalized spacial score (nSPS) is 24.0. The Morgan fingerprint density at radius 1 is 1.12 bits per heavy atom. The highest BCUT2D eigenvalue weighted by atomic mass is 16.2. The molecule has 1 aromatic rings. The summed E-state index contributed by atoms with van der Waals surface area (Å²) in [4.78, 5) is 37.7. The fourth-order valence-corrected chi connectivity index (χ4v) is 3.91. The van der Waals surface area contributed by atoms with Gasteiger partial charge in [-0.25, -0.2) is 0 Å². The van der Waals surface area contributed by atoms with Crippen molar-refractivity contribution < 1.29 is 9.59 Å². The highest BCUT2D eigenvalue weighted by Crippen LogP contribution is 2.33. The minimum absolute atomic E-state index is 0.0675. The average molecular weight is 330 g/mol. The Bertz CT molecular complexity index is 572. The van der Waals surface area contributed by atoms with Crippen LogP contribution in [0.2, 0.25) is 0 Å². The summed E-state index contributed by atoms with van der Waals surface area (Å²) in [6.45, 7) is 2.14. The molecule has 0 spiro atoms. The molecule has 2 amide bonds. The molecule has 1 aromatic heterocycles. The lowest BCUT2D eigenvalue weighted by Gasteiger charge is -2.34. The van der Waals surface area contributed by atoms with Gasteiger partial charge >= 0.3 is 0 Å². The van der Waals surface area contributed by atoms with Gasteiger partial charge in [0, 0.05) is 44.4 Å². The van der Waals surface area contributed by atoms with E-state index in [1.807, 2.05) is 4.90 Å². The Hall–Kier alpha value is -1.98. The number of carbonyl (C=O) groups excluding carboxylic acids is 2. The first-order chi connectivity index (χ1) is 11.7. The lowest BCUT2D eigenvalue weighted by Crippen LogP contribution is -2.45. The molecular weight excluding hydrogens is 304 g/mol. The molecule has 6 nitrogen and oxygen atoms in total. The molecule has 6 heteroatoms. The quantitative estimate of drug-likeness (QED) is 0.845. The van der Waals surface area contributed by atoms with E-state index in [1.54, 1.807) is 30.5 Å². The zero-order valence-corrected chi connectivity index (χ0v) is 14.4. The summed E-state index contributed by atoms with van der Waals surface area (Å²) in [5.74, 6) is -0.0708. The predicted molar refractivity (Wildman–Crippen MR) is 89.8 cm³/mol. The molecule has 24 heavy (non-hydrogen) atoms. The van der Waals surface area contributed by atoms with Crippen LogP contribution >= 0.6 is 0 Å². The maximum Gasteiger partial charge on any atom is 0.226 e. The molecule has 1 saturated heterocycles. The van der Waals surface area contributed by atoms with Crippen LogP contribution in [-0.2, 0) is 16.1 Å². The molecule has 1 aliphatic carbocycles. The predicted octanol–water partition coefficient (Wildman–Crippen LogP) is 1.86. The molecular formula is C18H26N4O2. The van der Waals surface area contributed by atoms with Crippen LogP contribution in [0.5, 0.6) is 0 Å². The van der Waals surface area contributed by atoms with Crippen molar-refractivity contribution in [3.63, 3.8) is 0 Å². The van der Waals surface area contributed by atoms with Crippen LogP contribution in [0.15, 0.2) is 18.6 Å².